The van der Waals surface area contributed by atoms with Crippen LogP contribution in [0.25, 0.3) is 6.08 Å². The highest BCUT2D eigenvalue weighted by Gasteiger charge is 2.57. The SMILES string of the molecule is Cc1ccc2c(c1)C(C)(C)C1(/C=C/c3ccc([N+](=O)[O-])cc3)NC(=O)CCN21. The van der Waals surface area contributed by atoms with Crippen LogP contribution in [0.1, 0.15) is 37.0 Å². The molecule has 0 radical (unpaired) electrons. The number of nitro groups is 1. The maximum Gasteiger partial charge on any atom is 0.269 e. The molecule has 1 saturated heterocycles. The Labute approximate surface area is 164 Å². The number of nitro benzene ring substituents is 1. The van der Waals surface area contributed by atoms with Crippen molar-refractivity contribution in [2.45, 2.75) is 38.3 Å². The van der Waals surface area contributed by atoms with Crippen LogP contribution in [0.5, 0.6) is 0 Å². The van der Waals surface area contributed by atoms with Crippen molar-refractivity contribution >= 4 is 23.4 Å². The first-order valence-electron chi connectivity index (χ1n) is 9.38. The first-order valence-corrected chi connectivity index (χ1v) is 9.38. The van der Waals surface area contributed by atoms with Crippen molar-refractivity contribution < 1.29 is 9.72 Å². The van der Waals surface area contributed by atoms with Crippen molar-refractivity contribution in [3.63, 3.8) is 0 Å². The third-order valence-corrected chi connectivity index (χ3v) is 6.01. The van der Waals surface area contributed by atoms with Gasteiger partial charge < -0.3 is 10.2 Å². The molecule has 0 aliphatic carbocycles. The number of hydrogen-bond acceptors (Lipinski definition) is 4. The number of fused-ring (bicyclic) bond motifs is 3. The van der Waals surface area contributed by atoms with Gasteiger partial charge in [0.1, 0.15) is 5.66 Å². The molecule has 2 heterocycles. The standard InChI is InChI=1S/C22H23N3O3/c1-15-4-9-19-18(14-15)21(2,3)22(23-20(26)11-13-24(19)22)12-10-16-5-7-17(8-6-16)25(27)28/h4-10,12,14H,11,13H2,1-3H3,(H,23,26)/b12-10+. The monoisotopic (exact) mass is 377 g/mol. The molecule has 2 aromatic rings. The number of benzene rings is 2. The van der Waals surface area contributed by atoms with E-state index in [-0.39, 0.29) is 17.0 Å². The Kier molecular flexibility index (Phi) is 4.03. The topological polar surface area (TPSA) is 75.5 Å². The Morgan fingerprint density at radius 2 is 1.89 bits per heavy atom. The zero-order valence-electron chi connectivity index (χ0n) is 16.2. The van der Waals surface area contributed by atoms with E-state index in [1.165, 1.54) is 23.3 Å². The van der Waals surface area contributed by atoms with Gasteiger partial charge >= 0.3 is 0 Å². The second kappa shape index (κ2) is 6.19. The molecule has 2 aliphatic heterocycles. The number of carbonyl (C=O) groups excluding carboxylic acids is 1. The average Bonchev–Trinajstić information content (AvgIpc) is 2.84. The first kappa shape index (κ1) is 18.2. The van der Waals surface area contributed by atoms with Gasteiger partial charge in [0.05, 0.1) is 4.92 Å². The number of rotatable bonds is 3. The predicted octanol–water partition coefficient (Wildman–Crippen LogP) is 3.93. The van der Waals surface area contributed by atoms with Crippen molar-refractivity contribution in [3.05, 3.63) is 75.3 Å². The van der Waals surface area contributed by atoms with Crippen LogP contribution >= 0.6 is 0 Å². The van der Waals surface area contributed by atoms with E-state index in [2.05, 4.69) is 49.2 Å². The molecule has 4 rings (SSSR count). The Morgan fingerprint density at radius 1 is 1.18 bits per heavy atom. The molecule has 144 valence electrons. The minimum atomic E-state index is -0.680. The molecule has 1 unspecified atom stereocenters. The van der Waals surface area contributed by atoms with Crippen LogP contribution < -0.4 is 10.2 Å². The van der Waals surface area contributed by atoms with E-state index in [9.17, 15) is 14.9 Å². The van der Waals surface area contributed by atoms with Gasteiger partial charge in [0, 0.05) is 36.2 Å². The fourth-order valence-electron chi connectivity index (χ4n) is 4.39. The maximum atomic E-state index is 12.4. The molecular weight excluding hydrogens is 354 g/mol. The minimum Gasteiger partial charge on any atom is -0.344 e. The van der Waals surface area contributed by atoms with E-state index in [0.717, 1.165) is 11.3 Å². The Bertz CT molecular complexity index is 995. The molecule has 2 aromatic carbocycles. The molecule has 0 saturated carbocycles. The summed E-state index contributed by atoms with van der Waals surface area (Å²) in [5, 5.41) is 14.1. The molecule has 6 heteroatoms. The van der Waals surface area contributed by atoms with E-state index in [0.29, 0.717) is 13.0 Å². The lowest BCUT2D eigenvalue weighted by Gasteiger charge is -2.49. The second-order valence-corrected chi connectivity index (χ2v) is 8.04. The quantitative estimate of drug-likeness (QED) is 0.650. The Morgan fingerprint density at radius 3 is 2.57 bits per heavy atom. The Balaban J connectivity index is 1.79. The van der Waals surface area contributed by atoms with Crippen LogP contribution in [-0.4, -0.2) is 23.0 Å². The van der Waals surface area contributed by atoms with Gasteiger partial charge in [0.15, 0.2) is 0 Å². The molecule has 0 bridgehead atoms. The van der Waals surface area contributed by atoms with Crippen molar-refractivity contribution in [3.8, 4) is 0 Å². The van der Waals surface area contributed by atoms with Gasteiger partial charge in [0.2, 0.25) is 5.91 Å². The highest BCUT2D eigenvalue weighted by molar-refractivity contribution is 5.84. The van der Waals surface area contributed by atoms with E-state index < -0.39 is 10.6 Å². The molecule has 2 aliphatic rings. The van der Waals surface area contributed by atoms with Gasteiger partial charge in [-0.1, -0.05) is 37.6 Å². The molecule has 6 nitrogen and oxygen atoms in total. The van der Waals surface area contributed by atoms with Gasteiger partial charge in [-0.05, 0) is 42.3 Å². The van der Waals surface area contributed by atoms with Gasteiger partial charge in [-0.3, -0.25) is 14.9 Å². The smallest absolute Gasteiger partial charge is 0.269 e. The summed E-state index contributed by atoms with van der Waals surface area (Å²) in [6, 6.07) is 12.9. The number of hydrogen-bond donors (Lipinski definition) is 1. The van der Waals surface area contributed by atoms with Crippen molar-refractivity contribution in [2.24, 2.45) is 0 Å². The minimum absolute atomic E-state index is 0.0298. The summed E-state index contributed by atoms with van der Waals surface area (Å²) in [7, 11) is 0. The van der Waals surface area contributed by atoms with Crippen molar-refractivity contribution in [2.75, 3.05) is 11.4 Å². The second-order valence-electron chi connectivity index (χ2n) is 8.04. The van der Waals surface area contributed by atoms with Crippen LogP contribution in [-0.2, 0) is 10.2 Å². The number of amides is 1. The van der Waals surface area contributed by atoms with Crippen LogP contribution in [0.15, 0.2) is 48.5 Å². The summed E-state index contributed by atoms with van der Waals surface area (Å²) < 4.78 is 0. The van der Waals surface area contributed by atoms with E-state index in [1.54, 1.807) is 12.1 Å². The summed E-state index contributed by atoms with van der Waals surface area (Å²) >= 11 is 0. The van der Waals surface area contributed by atoms with Crippen molar-refractivity contribution in [1.29, 1.82) is 0 Å². The normalized spacial score (nSPS) is 22.7. The van der Waals surface area contributed by atoms with E-state index in [1.807, 2.05) is 12.2 Å². The van der Waals surface area contributed by atoms with Crippen LogP contribution in [0.3, 0.4) is 0 Å². The van der Waals surface area contributed by atoms with Gasteiger partial charge in [-0.2, -0.15) is 0 Å². The Hall–Kier alpha value is -3.15. The predicted molar refractivity (Wildman–Crippen MR) is 109 cm³/mol. The molecule has 0 aromatic heterocycles. The third kappa shape index (κ3) is 2.59. The lowest BCUT2D eigenvalue weighted by Crippen LogP contribution is -2.68. The highest BCUT2D eigenvalue weighted by Crippen LogP contribution is 2.52. The molecule has 1 fully saturated rings. The number of carbonyl (C=O) groups is 1. The fourth-order valence-corrected chi connectivity index (χ4v) is 4.39. The number of aryl methyl sites for hydroxylation is 1. The fraction of sp³-hybridized carbons (Fsp3) is 0.318. The number of non-ortho nitro benzene ring substituents is 1. The lowest BCUT2D eigenvalue weighted by molar-refractivity contribution is -0.384. The molecule has 0 spiro atoms. The highest BCUT2D eigenvalue weighted by atomic mass is 16.6. The summed E-state index contributed by atoms with van der Waals surface area (Å²) in [6.07, 6.45) is 4.42. The third-order valence-electron chi connectivity index (χ3n) is 6.01. The summed E-state index contributed by atoms with van der Waals surface area (Å²) in [4.78, 5) is 25.1. The van der Waals surface area contributed by atoms with Crippen LogP contribution in [0, 0.1) is 17.0 Å². The number of anilines is 1. The van der Waals surface area contributed by atoms with Crippen molar-refractivity contribution in [1.82, 2.24) is 5.32 Å². The zero-order valence-corrected chi connectivity index (χ0v) is 16.2. The summed E-state index contributed by atoms with van der Waals surface area (Å²) in [5.41, 5.74) is 3.43. The van der Waals surface area contributed by atoms with Crippen LogP contribution in [0.4, 0.5) is 11.4 Å². The largest absolute Gasteiger partial charge is 0.344 e. The van der Waals surface area contributed by atoms with Crippen LogP contribution in [0.2, 0.25) is 0 Å². The molecule has 28 heavy (non-hydrogen) atoms. The van der Waals surface area contributed by atoms with Gasteiger partial charge in [0.25, 0.3) is 5.69 Å². The summed E-state index contributed by atoms with van der Waals surface area (Å²) in [5.74, 6) is 0.0298. The van der Waals surface area contributed by atoms with E-state index in [4.69, 9.17) is 0 Å². The van der Waals surface area contributed by atoms with Gasteiger partial charge in [-0.25, -0.2) is 0 Å². The molecule has 1 N–H and O–H groups in total. The number of nitrogens with one attached hydrogen (secondary N) is 1. The van der Waals surface area contributed by atoms with E-state index >= 15 is 0 Å². The molecule has 1 amide bonds. The number of nitrogens with zero attached hydrogens (tertiary/aromatic N) is 2. The zero-order chi connectivity index (χ0) is 20.1. The first-order chi connectivity index (χ1) is 13.2. The van der Waals surface area contributed by atoms with Gasteiger partial charge in [-0.15, -0.1) is 0 Å². The maximum absolute atomic E-state index is 12.4. The lowest BCUT2D eigenvalue weighted by atomic mass is 9.74. The average molecular weight is 377 g/mol. The molecule has 1 atom stereocenters. The summed E-state index contributed by atoms with van der Waals surface area (Å²) in [6.45, 7) is 7.02. The molecular formula is C22H23N3O3.